The van der Waals surface area contributed by atoms with Crippen LogP contribution in [0.5, 0.6) is 5.75 Å². The van der Waals surface area contributed by atoms with Crippen molar-refractivity contribution in [1.29, 1.82) is 0 Å². The molecule has 0 spiro atoms. The number of carbonyl (C=O) groups is 2. The Morgan fingerprint density at radius 3 is 2.31 bits per heavy atom. The maximum Gasteiger partial charge on any atom is 0.339 e. The van der Waals surface area contributed by atoms with Crippen molar-refractivity contribution in [3.05, 3.63) is 89.5 Å². The van der Waals surface area contributed by atoms with E-state index in [4.69, 9.17) is 9.47 Å². The van der Waals surface area contributed by atoms with Gasteiger partial charge >= 0.3 is 5.97 Å². The smallest absolute Gasteiger partial charge is 0.339 e. The first-order valence-corrected chi connectivity index (χ1v) is 12.5. The molecule has 0 saturated carbocycles. The van der Waals surface area contributed by atoms with Crippen LogP contribution in [0, 0.1) is 6.92 Å². The van der Waals surface area contributed by atoms with Crippen molar-refractivity contribution < 1.29 is 27.5 Å². The Hall–Kier alpha value is -3.69. The quantitative estimate of drug-likeness (QED) is 0.414. The lowest BCUT2D eigenvalue weighted by Gasteiger charge is -2.20. The molecular weight excluding hydrogens is 468 g/mol. The van der Waals surface area contributed by atoms with Crippen LogP contribution in [0.3, 0.4) is 0 Å². The molecule has 184 valence electrons. The first-order valence-electron chi connectivity index (χ1n) is 11.0. The molecular formula is C26H28N2O6S. The number of hydrogen-bond acceptors (Lipinski definition) is 6. The Labute approximate surface area is 205 Å². The molecule has 3 aromatic rings. The van der Waals surface area contributed by atoms with Gasteiger partial charge in [0.25, 0.3) is 0 Å². The second-order valence-electron chi connectivity index (χ2n) is 7.75. The molecule has 8 nitrogen and oxygen atoms in total. The Kier molecular flexibility index (Phi) is 8.62. The number of amides is 1. The molecule has 2 N–H and O–H groups in total. The molecule has 0 saturated heterocycles. The topological polar surface area (TPSA) is 111 Å². The Morgan fingerprint density at radius 2 is 1.66 bits per heavy atom. The number of anilines is 1. The number of carbonyl (C=O) groups excluding carboxylic acids is 2. The first-order chi connectivity index (χ1) is 16.7. The SMILES string of the molecule is CCOc1ccc(S(=O)(=O)N[C@H](Cc2ccccc2)C(=O)Nc2ccccc2C(=O)OC)cc1C. The molecule has 35 heavy (non-hydrogen) atoms. The minimum absolute atomic E-state index is 0.0132. The monoisotopic (exact) mass is 496 g/mol. The summed E-state index contributed by atoms with van der Waals surface area (Å²) in [6.45, 7) is 4.05. The van der Waals surface area contributed by atoms with Gasteiger partial charge in [-0.1, -0.05) is 42.5 Å². The average molecular weight is 497 g/mol. The van der Waals surface area contributed by atoms with Crippen LogP contribution in [0.2, 0.25) is 0 Å². The molecule has 0 aliphatic heterocycles. The molecule has 0 aromatic heterocycles. The first kappa shape index (κ1) is 25.9. The lowest BCUT2D eigenvalue weighted by atomic mass is 10.1. The summed E-state index contributed by atoms with van der Waals surface area (Å²) in [4.78, 5) is 25.4. The molecule has 0 bridgehead atoms. The van der Waals surface area contributed by atoms with E-state index in [1.807, 2.05) is 13.0 Å². The van der Waals surface area contributed by atoms with Gasteiger partial charge in [0, 0.05) is 0 Å². The van der Waals surface area contributed by atoms with Crippen molar-refractivity contribution in [2.24, 2.45) is 0 Å². The third-order valence-corrected chi connectivity index (χ3v) is 6.71. The van der Waals surface area contributed by atoms with Gasteiger partial charge in [-0.15, -0.1) is 0 Å². The van der Waals surface area contributed by atoms with Crippen molar-refractivity contribution >= 4 is 27.6 Å². The Morgan fingerprint density at radius 1 is 0.971 bits per heavy atom. The van der Waals surface area contributed by atoms with E-state index < -0.39 is 27.9 Å². The van der Waals surface area contributed by atoms with Crippen LogP contribution < -0.4 is 14.8 Å². The maximum absolute atomic E-state index is 13.3. The third-order valence-electron chi connectivity index (χ3n) is 5.24. The summed E-state index contributed by atoms with van der Waals surface area (Å²) in [7, 11) is -2.82. The number of sulfonamides is 1. The van der Waals surface area contributed by atoms with Gasteiger partial charge in [0.05, 0.1) is 29.9 Å². The minimum Gasteiger partial charge on any atom is -0.494 e. The van der Waals surface area contributed by atoms with E-state index in [1.54, 1.807) is 55.5 Å². The van der Waals surface area contributed by atoms with Crippen LogP contribution in [-0.2, 0) is 26.0 Å². The molecule has 0 radical (unpaired) electrons. The molecule has 9 heteroatoms. The highest BCUT2D eigenvalue weighted by Crippen LogP contribution is 2.23. The summed E-state index contributed by atoms with van der Waals surface area (Å²) in [5.41, 5.74) is 1.80. The average Bonchev–Trinajstić information content (AvgIpc) is 2.85. The van der Waals surface area contributed by atoms with Crippen molar-refractivity contribution in [3.8, 4) is 5.75 Å². The highest BCUT2D eigenvalue weighted by atomic mass is 32.2. The van der Waals surface area contributed by atoms with E-state index in [0.29, 0.717) is 17.9 Å². The predicted molar refractivity (Wildman–Crippen MR) is 133 cm³/mol. The fourth-order valence-corrected chi connectivity index (χ4v) is 4.78. The third kappa shape index (κ3) is 6.68. The summed E-state index contributed by atoms with van der Waals surface area (Å²) in [5.74, 6) is -0.646. The molecule has 0 aliphatic rings. The number of rotatable bonds is 10. The van der Waals surface area contributed by atoms with Gasteiger partial charge in [-0.2, -0.15) is 4.72 Å². The standard InChI is InChI=1S/C26H28N2O6S/c1-4-34-24-15-14-20(16-18(24)2)35(31,32)28-23(17-19-10-6-5-7-11-19)25(29)27-22-13-9-8-12-21(22)26(30)33-3/h5-16,23,28H,4,17H2,1-3H3,(H,27,29)/t23-/m1/s1. The summed E-state index contributed by atoms with van der Waals surface area (Å²) in [5, 5.41) is 2.67. The van der Waals surface area contributed by atoms with E-state index in [1.165, 1.54) is 25.3 Å². The lowest BCUT2D eigenvalue weighted by molar-refractivity contribution is -0.117. The number of esters is 1. The summed E-state index contributed by atoms with van der Waals surface area (Å²) in [6.07, 6.45) is 0.0995. The van der Waals surface area contributed by atoms with Crippen molar-refractivity contribution in [2.75, 3.05) is 19.0 Å². The Balaban J connectivity index is 1.91. The summed E-state index contributed by atoms with van der Waals surface area (Å²) >= 11 is 0. The van der Waals surface area contributed by atoms with E-state index in [9.17, 15) is 18.0 Å². The van der Waals surface area contributed by atoms with Crippen LogP contribution in [0.1, 0.15) is 28.4 Å². The number of benzene rings is 3. The summed E-state index contributed by atoms with van der Waals surface area (Å²) in [6, 6.07) is 18.8. The van der Waals surface area contributed by atoms with E-state index in [2.05, 4.69) is 10.0 Å². The maximum atomic E-state index is 13.3. The number of para-hydroxylation sites is 1. The van der Waals surface area contributed by atoms with Crippen molar-refractivity contribution in [3.63, 3.8) is 0 Å². The number of aryl methyl sites for hydroxylation is 1. The second-order valence-corrected chi connectivity index (χ2v) is 9.46. The van der Waals surface area contributed by atoms with E-state index >= 15 is 0 Å². The zero-order valence-electron chi connectivity index (χ0n) is 19.8. The molecule has 0 aliphatic carbocycles. The van der Waals surface area contributed by atoms with Crippen LogP contribution in [-0.4, -0.2) is 40.1 Å². The molecule has 1 amide bonds. The van der Waals surface area contributed by atoms with Gasteiger partial charge in [0.2, 0.25) is 15.9 Å². The molecule has 0 unspecified atom stereocenters. The van der Waals surface area contributed by atoms with Crippen molar-refractivity contribution in [2.45, 2.75) is 31.2 Å². The van der Waals surface area contributed by atoms with Gasteiger partial charge in [-0.05, 0) is 61.7 Å². The molecule has 0 heterocycles. The van der Waals surface area contributed by atoms with Crippen LogP contribution in [0.4, 0.5) is 5.69 Å². The molecule has 3 aromatic carbocycles. The van der Waals surface area contributed by atoms with Gasteiger partial charge in [-0.25, -0.2) is 13.2 Å². The van der Waals surface area contributed by atoms with Crippen molar-refractivity contribution in [1.82, 2.24) is 4.72 Å². The van der Waals surface area contributed by atoms with Gasteiger partial charge in [-0.3, -0.25) is 4.79 Å². The lowest BCUT2D eigenvalue weighted by Crippen LogP contribution is -2.45. The van der Waals surface area contributed by atoms with Gasteiger partial charge in [0.1, 0.15) is 11.8 Å². The Bertz CT molecular complexity index is 1290. The predicted octanol–water partition coefficient (Wildman–Crippen LogP) is 3.71. The highest BCUT2D eigenvalue weighted by molar-refractivity contribution is 7.89. The minimum atomic E-state index is -4.06. The normalized spacial score (nSPS) is 12.0. The van der Waals surface area contributed by atoms with Gasteiger partial charge < -0.3 is 14.8 Å². The molecule has 3 rings (SSSR count). The number of nitrogens with one attached hydrogen (secondary N) is 2. The zero-order chi connectivity index (χ0) is 25.4. The molecule has 1 atom stereocenters. The summed E-state index contributed by atoms with van der Waals surface area (Å²) < 4.78 is 39.2. The second kappa shape index (κ2) is 11.6. The fourth-order valence-electron chi connectivity index (χ4n) is 3.50. The van der Waals surface area contributed by atoms with Crippen LogP contribution in [0.25, 0.3) is 0 Å². The zero-order valence-corrected chi connectivity index (χ0v) is 20.6. The fraction of sp³-hybridized carbons (Fsp3) is 0.231. The highest BCUT2D eigenvalue weighted by Gasteiger charge is 2.27. The van der Waals surface area contributed by atoms with Crippen LogP contribution >= 0.6 is 0 Å². The number of methoxy groups -OCH3 is 1. The largest absolute Gasteiger partial charge is 0.494 e. The number of hydrogen-bond donors (Lipinski definition) is 2. The van der Waals surface area contributed by atoms with E-state index in [-0.39, 0.29) is 22.6 Å². The van der Waals surface area contributed by atoms with Gasteiger partial charge in [0.15, 0.2) is 0 Å². The van der Waals surface area contributed by atoms with Crippen LogP contribution in [0.15, 0.2) is 77.7 Å². The molecule has 0 fully saturated rings. The van der Waals surface area contributed by atoms with E-state index in [0.717, 1.165) is 5.56 Å². The number of ether oxygens (including phenoxy) is 2.